The van der Waals surface area contributed by atoms with Gasteiger partial charge in [0.05, 0.1) is 12.0 Å². The lowest BCUT2D eigenvalue weighted by Crippen LogP contribution is -2.66. The molecule has 3 aliphatic heterocycles. The van der Waals surface area contributed by atoms with Gasteiger partial charge in [-0.1, -0.05) is 6.92 Å². The lowest BCUT2D eigenvalue weighted by molar-refractivity contribution is -0.159. The normalized spacial score (nSPS) is 34.6. The number of carbonyl (C=O) groups is 4. The fourth-order valence-electron chi connectivity index (χ4n) is 5.90. The predicted octanol–water partition coefficient (Wildman–Crippen LogP) is 0.236. The van der Waals surface area contributed by atoms with Crippen LogP contribution in [0.5, 0.6) is 0 Å². The molecule has 200 valence electrons. The maximum Gasteiger partial charge on any atom is 0.353 e. The van der Waals surface area contributed by atoms with Crippen LogP contribution in [0.2, 0.25) is 0 Å². The van der Waals surface area contributed by atoms with Crippen molar-refractivity contribution in [3.05, 3.63) is 10.6 Å². The SMILES string of the molecule is CC(NC(=O)C(F)F)[C@H]1C(=O)N2C(C(=O)O)=C(S[C@@H]3CN[C@H](CNC(=O)[C@@H]4CC[C@H](N)C4)C3)[C@H](C)[C@H]12. The predicted molar refractivity (Wildman–Crippen MR) is 128 cm³/mol. The summed E-state index contributed by atoms with van der Waals surface area (Å²) in [6.45, 7) is 4.39. The molecule has 0 bridgehead atoms. The zero-order chi connectivity index (χ0) is 26.3. The molecule has 2 saturated heterocycles. The van der Waals surface area contributed by atoms with E-state index in [2.05, 4.69) is 16.0 Å². The van der Waals surface area contributed by atoms with Crippen molar-refractivity contribution in [2.45, 2.75) is 75.4 Å². The number of amides is 3. The summed E-state index contributed by atoms with van der Waals surface area (Å²) in [6.07, 6.45) is -0.122. The van der Waals surface area contributed by atoms with Crippen LogP contribution in [0.4, 0.5) is 8.78 Å². The van der Waals surface area contributed by atoms with E-state index in [1.807, 2.05) is 6.92 Å². The maximum atomic E-state index is 12.8. The Morgan fingerprint density at radius 3 is 2.61 bits per heavy atom. The first-order chi connectivity index (χ1) is 17.0. The highest BCUT2D eigenvalue weighted by molar-refractivity contribution is 8.03. The van der Waals surface area contributed by atoms with Crippen molar-refractivity contribution in [2.75, 3.05) is 13.1 Å². The molecule has 3 fully saturated rings. The summed E-state index contributed by atoms with van der Waals surface area (Å²) in [6, 6.07) is -1.24. The van der Waals surface area contributed by atoms with Gasteiger partial charge < -0.3 is 31.7 Å². The molecular formula is C23H33F2N5O5S. The molecule has 1 aliphatic carbocycles. The topological polar surface area (TPSA) is 154 Å². The number of hydrogen-bond donors (Lipinski definition) is 5. The van der Waals surface area contributed by atoms with E-state index in [1.165, 1.54) is 23.6 Å². The van der Waals surface area contributed by atoms with E-state index >= 15 is 0 Å². The van der Waals surface area contributed by atoms with Crippen molar-refractivity contribution in [3.63, 3.8) is 0 Å². The number of nitrogens with one attached hydrogen (secondary N) is 3. The highest BCUT2D eigenvalue weighted by atomic mass is 32.2. The van der Waals surface area contributed by atoms with Gasteiger partial charge in [0.1, 0.15) is 5.70 Å². The van der Waals surface area contributed by atoms with Crippen LogP contribution < -0.4 is 21.7 Å². The van der Waals surface area contributed by atoms with Crippen molar-refractivity contribution in [1.29, 1.82) is 0 Å². The Morgan fingerprint density at radius 2 is 2.00 bits per heavy atom. The summed E-state index contributed by atoms with van der Waals surface area (Å²) in [5.41, 5.74) is 5.83. The number of nitrogens with zero attached hydrogens (tertiary/aromatic N) is 1. The van der Waals surface area contributed by atoms with Crippen LogP contribution >= 0.6 is 11.8 Å². The smallest absolute Gasteiger partial charge is 0.353 e. The van der Waals surface area contributed by atoms with Gasteiger partial charge in [0, 0.05) is 53.2 Å². The van der Waals surface area contributed by atoms with Crippen LogP contribution in [0.3, 0.4) is 0 Å². The van der Waals surface area contributed by atoms with E-state index in [4.69, 9.17) is 5.73 Å². The first kappa shape index (κ1) is 26.8. The van der Waals surface area contributed by atoms with Gasteiger partial charge in [-0.2, -0.15) is 8.78 Å². The maximum absolute atomic E-state index is 12.8. The Balaban J connectivity index is 1.36. The van der Waals surface area contributed by atoms with Gasteiger partial charge in [0.25, 0.3) is 5.91 Å². The number of carboxylic acids is 1. The molecule has 6 N–H and O–H groups in total. The Bertz CT molecular complexity index is 965. The van der Waals surface area contributed by atoms with E-state index in [0.29, 0.717) is 30.8 Å². The summed E-state index contributed by atoms with van der Waals surface area (Å²) in [5.74, 6) is -4.28. The minimum atomic E-state index is -3.19. The monoisotopic (exact) mass is 529 g/mol. The first-order valence-electron chi connectivity index (χ1n) is 12.3. The van der Waals surface area contributed by atoms with Gasteiger partial charge >= 0.3 is 12.4 Å². The molecule has 4 aliphatic rings. The molecule has 0 aromatic rings. The summed E-state index contributed by atoms with van der Waals surface area (Å²) in [4.78, 5) is 50.6. The standard InChI is InChI=1S/C23H33F2N5O5S/c1-9-16-15(10(2)29-21(32)19(24)25)22(33)30(16)17(23(34)35)18(9)36-14-6-13(27-8-14)7-28-20(31)11-3-4-12(26)5-11/h9-16,19,27H,3-8,26H2,1-2H3,(H,28,31)(H,29,32)(H,34,35)/t9-,10?,11-,12+,13+,14+,15-,16-/m1/s1. The second-order valence-electron chi connectivity index (χ2n) is 10.2. The van der Waals surface area contributed by atoms with Gasteiger partial charge in [0.15, 0.2) is 0 Å². The molecule has 10 nitrogen and oxygen atoms in total. The zero-order valence-corrected chi connectivity index (χ0v) is 21.0. The molecular weight excluding hydrogens is 496 g/mol. The van der Waals surface area contributed by atoms with Crippen LogP contribution in [-0.2, 0) is 19.2 Å². The molecule has 3 heterocycles. The number of hydrogen-bond acceptors (Lipinski definition) is 7. The van der Waals surface area contributed by atoms with Crippen LogP contribution in [0.15, 0.2) is 10.6 Å². The lowest BCUT2D eigenvalue weighted by Gasteiger charge is -2.47. The van der Waals surface area contributed by atoms with Crippen LogP contribution in [0.25, 0.3) is 0 Å². The molecule has 0 aromatic carbocycles. The lowest BCUT2D eigenvalue weighted by atomic mass is 9.78. The molecule has 4 rings (SSSR count). The molecule has 8 atom stereocenters. The van der Waals surface area contributed by atoms with Gasteiger partial charge in [-0.15, -0.1) is 11.8 Å². The average Bonchev–Trinajstić information content (AvgIpc) is 3.50. The Morgan fingerprint density at radius 1 is 1.28 bits per heavy atom. The molecule has 36 heavy (non-hydrogen) atoms. The largest absolute Gasteiger partial charge is 0.477 e. The average molecular weight is 530 g/mol. The quantitative estimate of drug-likeness (QED) is 0.266. The number of rotatable bonds is 9. The third kappa shape index (κ3) is 5.10. The van der Waals surface area contributed by atoms with E-state index in [0.717, 1.165) is 12.8 Å². The molecule has 3 amide bonds. The number of halogens is 2. The van der Waals surface area contributed by atoms with Crippen LogP contribution in [0, 0.1) is 17.8 Å². The molecule has 0 radical (unpaired) electrons. The van der Waals surface area contributed by atoms with Crippen molar-refractivity contribution < 1.29 is 33.1 Å². The number of alkyl halides is 2. The first-order valence-corrected chi connectivity index (χ1v) is 13.2. The minimum Gasteiger partial charge on any atom is -0.477 e. The molecule has 1 saturated carbocycles. The zero-order valence-electron chi connectivity index (χ0n) is 20.2. The van der Waals surface area contributed by atoms with E-state index in [-0.39, 0.29) is 40.8 Å². The molecule has 13 heteroatoms. The van der Waals surface area contributed by atoms with Gasteiger partial charge in [0.2, 0.25) is 11.8 Å². The van der Waals surface area contributed by atoms with Crippen molar-refractivity contribution >= 4 is 35.5 Å². The van der Waals surface area contributed by atoms with Gasteiger partial charge in [-0.05, 0) is 32.6 Å². The van der Waals surface area contributed by atoms with E-state index in [9.17, 15) is 33.1 Å². The van der Waals surface area contributed by atoms with Crippen molar-refractivity contribution in [3.8, 4) is 0 Å². The van der Waals surface area contributed by atoms with Crippen LogP contribution in [0.1, 0.15) is 39.5 Å². The summed E-state index contributed by atoms with van der Waals surface area (Å²) < 4.78 is 25.3. The summed E-state index contributed by atoms with van der Waals surface area (Å²) in [7, 11) is 0. The van der Waals surface area contributed by atoms with Gasteiger partial charge in [-0.3, -0.25) is 14.4 Å². The van der Waals surface area contributed by atoms with Crippen molar-refractivity contribution in [2.24, 2.45) is 23.5 Å². The third-order valence-corrected chi connectivity index (χ3v) is 9.25. The Hall–Kier alpha value is -2.25. The number of fused-ring (bicyclic) bond motifs is 1. The summed E-state index contributed by atoms with van der Waals surface area (Å²) >= 11 is 1.41. The summed E-state index contributed by atoms with van der Waals surface area (Å²) in [5, 5.41) is 18.4. The fourth-order valence-corrected chi connectivity index (χ4v) is 7.42. The molecule has 1 unspecified atom stereocenters. The highest BCUT2D eigenvalue weighted by Gasteiger charge is 2.60. The number of aliphatic carboxylic acids is 1. The number of thioether (sulfide) groups is 1. The molecule has 0 spiro atoms. The van der Waals surface area contributed by atoms with E-state index in [1.54, 1.807) is 0 Å². The number of β-lactam (4-membered cyclic amide) rings is 1. The number of carbonyl (C=O) groups excluding carboxylic acids is 3. The van der Waals surface area contributed by atoms with Crippen LogP contribution in [-0.4, -0.2) is 82.6 Å². The fraction of sp³-hybridized carbons (Fsp3) is 0.739. The number of carboxylic acid groups (broad SMARTS) is 1. The van der Waals surface area contributed by atoms with Crippen molar-refractivity contribution in [1.82, 2.24) is 20.9 Å². The van der Waals surface area contributed by atoms with Gasteiger partial charge in [-0.25, -0.2) is 4.79 Å². The third-order valence-electron chi connectivity index (χ3n) is 7.74. The Kier molecular flexibility index (Phi) is 7.91. The highest BCUT2D eigenvalue weighted by Crippen LogP contribution is 2.51. The number of nitrogens with two attached hydrogens (primary N) is 1. The minimum absolute atomic E-state index is 0.0168. The Labute approximate surface area is 212 Å². The van der Waals surface area contributed by atoms with E-state index < -0.39 is 42.2 Å². The second kappa shape index (κ2) is 10.6. The molecule has 0 aromatic heterocycles. The second-order valence-corrected chi connectivity index (χ2v) is 11.6.